The Bertz CT molecular complexity index is 515. The van der Waals surface area contributed by atoms with Crippen LogP contribution in [0.1, 0.15) is 37.5 Å². The Balaban J connectivity index is 1.98. The first-order valence-corrected chi connectivity index (χ1v) is 6.63. The lowest BCUT2D eigenvalue weighted by Crippen LogP contribution is -2.10. The molecule has 0 aromatic heterocycles. The molecule has 0 N–H and O–H groups in total. The molecule has 0 aliphatic carbocycles. The molecule has 0 nitrogen and oxygen atoms in total. The van der Waals surface area contributed by atoms with Crippen molar-refractivity contribution >= 4 is 0 Å². The van der Waals surface area contributed by atoms with Gasteiger partial charge in [0.05, 0.1) is 0 Å². The zero-order chi connectivity index (χ0) is 13.9. The second kappa shape index (κ2) is 5.56. The molecule has 0 amide bonds. The highest BCUT2D eigenvalue weighted by Crippen LogP contribution is 2.22. The molecule has 99 valence electrons. The second-order valence-electron chi connectivity index (χ2n) is 5.91. The van der Waals surface area contributed by atoms with E-state index in [2.05, 4.69) is 51.5 Å². The first kappa shape index (κ1) is 13.8. The van der Waals surface area contributed by atoms with Crippen LogP contribution in [0.25, 0.3) is 0 Å². The summed E-state index contributed by atoms with van der Waals surface area (Å²) in [5.41, 5.74) is 3.87. The maximum Gasteiger partial charge on any atom is 0.123 e. The van der Waals surface area contributed by atoms with Crippen molar-refractivity contribution in [3.8, 4) is 0 Å². The van der Waals surface area contributed by atoms with Crippen molar-refractivity contribution in [2.24, 2.45) is 0 Å². The molecule has 1 radical (unpaired) electrons. The van der Waals surface area contributed by atoms with Gasteiger partial charge in [0.1, 0.15) is 5.82 Å². The quantitative estimate of drug-likeness (QED) is 0.730. The molecule has 0 atom stereocenters. The SMILES string of the molecule is CC(C)(C)c1ccc(C[CH]c2ccc(F)cc2)cc1. The predicted molar refractivity (Wildman–Crippen MR) is 78.6 cm³/mol. The Morgan fingerprint density at radius 1 is 0.895 bits per heavy atom. The van der Waals surface area contributed by atoms with Gasteiger partial charge in [0.2, 0.25) is 0 Å². The van der Waals surface area contributed by atoms with E-state index in [9.17, 15) is 4.39 Å². The smallest absolute Gasteiger partial charge is 0.123 e. The lowest BCUT2D eigenvalue weighted by molar-refractivity contribution is 0.590. The predicted octanol–water partition coefficient (Wildman–Crippen LogP) is 4.92. The summed E-state index contributed by atoms with van der Waals surface area (Å²) in [6.07, 6.45) is 2.99. The van der Waals surface area contributed by atoms with Crippen LogP contribution in [-0.4, -0.2) is 0 Å². The lowest BCUT2D eigenvalue weighted by Gasteiger charge is -2.19. The van der Waals surface area contributed by atoms with E-state index < -0.39 is 0 Å². The van der Waals surface area contributed by atoms with E-state index in [1.54, 1.807) is 12.1 Å². The van der Waals surface area contributed by atoms with Gasteiger partial charge in [0.15, 0.2) is 0 Å². The molecule has 0 bridgehead atoms. The number of hydrogen-bond acceptors (Lipinski definition) is 0. The number of rotatable bonds is 3. The van der Waals surface area contributed by atoms with Crippen LogP contribution in [0.15, 0.2) is 48.5 Å². The Morgan fingerprint density at radius 2 is 1.47 bits per heavy atom. The summed E-state index contributed by atoms with van der Waals surface area (Å²) in [4.78, 5) is 0. The fourth-order valence-electron chi connectivity index (χ4n) is 1.98. The maximum atomic E-state index is 12.8. The van der Waals surface area contributed by atoms with Gasteiger partial charge in [-0.15, -0.1) is 0 Å². The highest BCUT2D eigenvalue weighted by Gasteiger charge is 2.12. The summed E-state index contributed by atoms with van der Waals surface area (Å²) >= 11 is 0. The van der Waals surface area contributed by atoms with E-state index in [4.69, 9.17) is 0 Å². The number of benzene rings is 2. The average molecular weight is 255 g/mol. The molecule has 0 saturated heterocycles. The lowest BCUT2D eigenvalue weighted by atomic mass is 9.86. The third-order valence-corrected chi connectivity index (χ3v) is 3.26. The van der Waals surface area contributed by atoms with Gasteiger partial charge in [-0.3, -0.25) is 0 Å². The highest BCUT2D eigenvalue weighted by atomic mass is 19.1. The van der Waals surface area contributed by atoms with Crippen molar-refractivity contribution in [3.63, 3.8) is 0 Å². The molecule has 0 fully saturated rings. The van der Waals surface area contributed by atoms with Crippen LogP contribution in [0.3, 0.4) is 0 Å². The average Bonchev–Trinajstić information content (AvgIpc) is 2.37. The van der Waals surface area contributed by atoms with Crippen LogP contribution < -0.4 is 0 Å². The third-order valence-electron chi connectivity index (χ3n) is 3.26. The van der Waals surface area contributed by atoms with Gasteiger partial charge in [-0.1, -0.05) is 57.2 Å². The molecule has 1 heteroatoms. The maximum absolute atomic E-state index is 12.8. The van der Waals surface area contributed by atoms with E-state index in [0.717, 1.165) is 12.0 Å². The van der Waals surface area contributed by atoms with Crippen LogP contribution in [-0.2, 0) is 11.8 Å². The first-order valence-electron chi connectivity index (χ1n) is 6.63. The van der Waals surface area contributed by atoms with Crippen molar-refractivity contribution in [1.29, 1.82) is 0 Å². The number of halogens is 1. The van der Waals surface area contributed by atoms with E-state index in [1.807, 2.05) is 0 Å². The molecule has 19 heavy (non-hydrogen) atoms. The minimum Gasteiger partial charge on any atom is -0.207 e. The van der Waals surface area contributed by atoms with E-state index >= 15 is 0 Å². The molecule has 0 aliphatic heterocycles. The van der Waals surface area contributed by atoms with Crippen molar-refractivity contribution in [1.82, 2.24) is 0 Å². The topological polar surface area (TPSA) is 0 Å². The minimum absolute atomic E-state index is 0.188. The van der Waals surface area contributed by atoms with Crippen molar-refractivity contribution in [2.45, 2.75) is 32.6 Å². The zero-order valence-electron chi connectivity index (χ0n) is 11.8. The van der Waals surface area contributed by atoms with Crippen LogP contribution >= 0.6 is 0 Å². The molecule has 0 aliphatic rings. The summed E-state index contributed by atoms with van der Waals surface area (Å²) in [6, 6.07) is 15.3. The molecule has 0 saturated carbocycles. The zero-order valence-corrected chi connectivity index (χ0v) is 11.8. The van der Waals surface area contributed by atoms with Gasteiger partial charge in [0, 0.05) is 0 Å². The van der Waals surface area contributed by atoms with E-state index in [0.29, 0.717) is 0 Å². The normalized spacial score (nSPS) is 11.6. The standard InChI is InChI=1S/C18H20F/c1-18(2,3)16-10-6-14(7-11-16)4-5-15-8-12-17(19)13-9-15/h5-13H,4H2,1-3H3. The van der Waals surface area contributed by atoms with Gasteiger partial charge in [0.25, 0.3) is 0 Å². The van der Waals surface area contributed by atoms with Gasteiger partial charge < -0.3 is 0 Å². The van der Waals surface area contributed by atoms with Crippen molar-refractivity contribution < 1.29 is 4.39 Å². The van der Waals surface area contributed by atoms with Crippen molar-refractivity contribution in [3.05, 3.63) is 77.5 Å². The van der Waals surface area contributed by atoms with Gasteiger partial charge in [-0.2, -0.15) is 0 Å². The van der Waals surface area contributed by atoms with Crippen molar-refractivity contribution in [2.75, 3.05) is 0 Å². The summed E-state index contributed by atoms with van der Waals surface area (Å²) < 4.78 is 12.8. The minimum atomic E-state index is -0.188. The largest absolute Gasteiger partial charge is 0.207 e. The molecule has 0 heterocycles. The summed E-state index contributed by atoms with van der Waals surface area (Å²) in [5.74, 6) is -0.188. The van der Waals surface area contributed by atoms with Crippen LogP contribution in [0, 0.1) is 12.2 Å². The van der Waals surface area contributed by atoms with Gasteiger partial charge in [-0.25, -0.2) is 4.39 Å². The fraction of sp³-hybridized carbons (Fsp3) is 0.278. The summed E-state index contributed by atoms with van der Waals surface area (Å²) in [5, 5.41) is 0. The second-order valence-corrected chi connectivity index (χ2v) is 5.91. The molecule has 0 unspecified atom stereocenters. The van der Waals surface area contributed by atoms with E-state index in [1.165, 1.54) is 23.3 Å². The van der Waals surface area contributed by atoms with Crippen LogP contribution in [0.4, 0.5) is 4.39 Å². The molecule has 2 aromatic rings. The highest BCUT2D eigenvalue weighted by molar-refractivity contribution is 5.31. The third kappa shape index (κ3) is 3.92. The van der Waals surface area contributed by atoms with Crippen LogP contribution in [0.5, 0.6) is 0 Å². The van der Waals surface area contributed by atoms with Gasteiger partial charge in [-0.05, 0) is 47.1 Å². The van der Waals surface area contributed by atoms with E-state index in [-0.39, 0.29) is 11.2 Å². The Kier molecular flexibility index (Phi) is 4.04. The number of hydrogen-bond donors (Lipinski definition) is 0. The molecule has 2 rings (SSSR count). The Morgan fingerprint density at radius 3 is 2.00 bits per heavy atom. The Labute approximate surface area is 115 Å². The molecular weight excluding hydrogens is 235 g/mol. The fourth-order valence-corrected chi connectivity index (χ4v) is 1.98. The first-order chi connectivity index (χ1) is 8.95. The monoisotopic (exact) mass is 255 g/mol. The molecule has 0 spiro atoms. The van der Waals surface area contributed by atoms with Gasteiger partial charge >= 0.3 is 0 Å². The summed E-state index contributed by atoms with van der Waals surface area (Å²) in [7, 11) is 0. The summed E-state index contributed by atoms with van der Waals surface area (Å²) in [6.45, 7) is 6.64. The molecule has 2 aromatic carbocycles. The molecular formula is C18H20F. The van der Waals surface area contributed by atoms with Crippen LogP contribution in [0.2, 0.25) is 0 Å². The Hall–Kier alpha value is -1.63.